The van der Waals surface area contributed by atoms with E-state index in [1.54, 1.807) is 0 Å². The lowest BCUT2D eigenvalue weighted by Crippen LogP contribution is -2.08. The van der Waals surface area contributed by atoms with Gasteiger partial charge in [0.15, 0.2) is 0 Å². The topological polar surface area (TPSA) is 43.1 Å². The van der Waals surface area contributed by atoms with Crippen LogP contribution in [0, 0.1) is 11.8 Å². The second-order valence-corrected chi connectivity index (χ2v) is 4.64. The van der Waals surface area contributed by atoms with Crippen molar-refractivity contribution in [3.63, 3.8) is 0 Å². The Morgan fingerprint density at radius 3 is 2.35 bits per heavy atom. The minimum absolute atomic E-state index is 0.0845. The molecule has 2 nitrogen and oxygen atoms in total. The molecule has 0 aliphatic carbocycles. The van der Waals surface area contributed by atoms with Crippen molar-refractivity contribution in [2.75, 3.05) is 0 Å². The van der Waals surface area contributed by atoms with Crippen LogP contribution in [0.25, 0.3) is 21.5 Å². The van der Waals surface area contributed by atoms with Crippen molar-refractivity contribution in [3.8, 4) is 11.8 Å². The van der Waals surface area contributed by atoms with Crippen LogP contribution in [0.4, 0.5) is 0 Å². The van der Waals surface area contributed by atoms with Gasteiger partial charge in [-0.25, -0.2) is 0 Å². The average Bonchev–Trinajstić information content (AvgIpc) is 2.47. The number of fused-ring (bicyclic) bond motifs is 3. The third kappa shape index (κ3) is 2.22. The normalized spacial score (nSPS) is 10.2. The van der Waals surface area contributed by atoms with Gasteiger partial charge in [-0.1, -0.05) is 60.4 Å². The summed E-state index contributed by atoms with van der Waals surface area (Å²) in [5.41, 5.74) is 6.05. The summed E-state index contributed by atoms with van der Waals surface area (Å²) in [6.07, 6.45) is 0.0845. The number of carbonyl (C=O) groups is 1. The smallest absolute Gasteiger partial charge is 0.229 e. The van der Waals surface area contributed by atoms with Crippen LogP contribution in [0.3, 0.4) is 0 Å². The molecule has 0 fully saturated rings. The molecule has 0 saturated carbocycles. The zero-order valence-electron chi connectivity index (χ0n) is 10.9. The molecular weight excluding hydrogens is 246 g/mol. The Hall–Kier alpha value is -2.79. The van der Waals surface area contributed by atoms with Crippen molar-refractivity contribution in [2.45, 2.75) is 6.42 Å². The van der Waals surface area contributed by atoms with Gasteiger partial charge in [0.25, 0.3) is 0 Å². The highest BCUT2D eigenvalue weighted by Gasteiger charge is 2.03. The summed E-state index contributed by atoms with van der Waals surface area (Å²) in [6, 6.07) is 18.5. The molecule has 0 aliphatic heterocycles. The first-order valence-corrected chi connectivity index (χ1v) is 6.43. The minimum Gasteiger partial charge on any atom is -0.369 e. The summed E-state index contributed by atoms with van der Waals surface area (Å²) in [6.45, 7) is 0. The van der Waals surface area contributed by atoms with E-state index < -0.39 is 5.91 Å². The summed E-state index contributed by atoms with van der Waals surface area (Å²) in [7, 11) is 0. The lowest BCUT2D eigenvalue weighted by molar-refractivity contribution is -0.117. The number of amides is 1. The molecule has 3 rings (SSSR count). The molecule has 2 N–H and O–H groups in total. The molecule has 2 heteroatoms. The third-order valence-corrected chi connectivity index (χ3v) is 3.25. The van der Waals surface area contributed by atoms with Crippen LogP contribution < -0.4 is 5.73 Å². The first kappa shape index (κ1) is 12.3. The summed E-state index contributed by atoms with van der Waals surface area (Å²) in [5.74, 6) is 5.49. The summed E-state index contributed by atoms with van der Waals surface area (Å²) >= 11 is 0. The Morgan fingerprint density at radius 1 is 0.950 bits per heavy atom. The molecule has 3 aromatic rings. The summed E-state index contributed by atoms with van der Waals surface area (Å²) in [5, 5.41) is 4.63. The van der Waals surface area contributed by atoms with Gasteiger partial charge in [0, 0.05) is 5.56 Å². The van der Waals surface area contributed by atoms with E-state index in [9.17, 15) is 4.79 Å². The van der Waals surface area contributed by atoms with Crippen LogP contribution in [0.15, 0.2) is 54.6 Å². The van der Waals surface area contributed by atoms with Gasteiger partial charge >= 0.3 is 0 Å². The van der Waals surface area contributed by atoms with E-state index in [-0.39, 0.29) is 6.42 Å². The zero-order chi connectivity index (χ0) is 13.9. The number of primary amides is 1. The van der Waals surface area contributed by atoms with Crippen molar-refractivity contribution in [3.05, 3.63) is 60.2 Å². The average molecular weight is 259 g/mol. The molecule has 0 bridgehead atoms. The third-order valence-electron chi connectivity index (χ3n) is 3.25. The Morgan fingerprint density at radius 2 is 1.60 bits per heavy atom. The second-order valence-electron chi connectivity index (χ2n) is 4.64. The van der Waals surface area contributed by atoms with Crippen molar-refractivity contribution >= 4 is 27.5 Å². The molecule has 0 saturated heterocycles. The molecule has 0 atom stereocenters. The molecule has 96 valence electrons. The SMILES string of the molecule is NC(=O)CC#Cc1cc2ccccc2c2ccccc12. The predicted molar refractivity (Wildman–Crippen MR) is 82.1 cm³/mol. The molecule has 20 heavy (non-hydrogen) atoms. The lowest BCUT2D eigenvalue weighted by atomic mass is 9.97. The number of nitrogens with two attached hydrogens (primary N) is 1. The number of carbonyl (C=O) groups excluding carboxylic acids is 1. The van der Waals surface area contributed by atoms with Crippen molar-refractivity contribution in [2.24, 2.45) is 5.73 Å². The number of hydrogen-bond acceptors (Lipinski definition) is 1. The fourth-order valence-corrected chi connectivity index (χ4v) is 2.38. The van der Waals surface area contributed by atoms with Crippen molar-refractivity contribution < 1.29 is 4.79 Å². The zero-order valence-corrected chi connectivity index (χ0v) is 10.9. The van der Waals surface area contributed by atoms with Gasteiger partial charge < -0.3 is 5.73 Å². The highest BCUT2D eigenvalue weighted by atomic mass is 16.1. The van der Waals surface area contributed by atoms with Gasteiger partial charge in [0.1, 0.15) is 0 Å². The van der Waals surface area contributed by atoms with Gasteiger partial charge in [0.05, 0.1) is 6.42 Å². The van der Waals surface area contributed by atoms with Crippen LogP contribution >= 0.6 is 0 Å². The van der Waals surface area contributed by atoms with Crippen molar-refractivity contribution in [1.29, 1.82) is 0 Å². The molecule has 0 radical (unpaired) electrons. The van der Waals surface area contributed by atoms with E-state index in [2.05, 4.69) is 42.2 Å². The number of hydrogen-bond donors (Lipinski definition) is 1. The highest BCUT2D eigenvalue weighted by molar-refractivity contribution is 6.09. The molecule has 1 amide bonds. The number of rotatable bonds is 1. The molecule has 0 spiro atoms. The fraction of sp³-hybridized carbons (Fsp3) is 0.0556. The predicted octanol–water partition coefficient (Wildman–Crippen LogP) is 3.22. The van der Waals surface area contributed by atoms with Gasteiger partial charge in [0.2, 0.25) is 5.91 Å². The standard InChI is InChI=1S/C18H13NO/c19-18(20)11-5-7-14-12-13-6-1-2-8-15(13)17-10-4-3-9-16(14)17/h1-4,6,8-10,12H,11H2,(H2,19,20). The fourth-order valence-electron chi connectivity index (χ4n) is 2.38. The highest BCUT2D eigenvalue weighted by Crippen LogP contribution is 2.28. The maximum absolute atomic E-state index is 10.8. The Kier molecular flexibility index (Phi) is 3.10. The first-order valence-electron chi connectivity index (χ1n) is 6.43. The monoisotopic (exact) mass is 259 g/mol. The Labute approximate surface area is 117 Å². The van der Waals surface area contributed by atoms with Crippen molar-refractivity contribution in [1.82, 2.24) is 0 Å². The minimum atomic E-state index is -0.400. The Balaban J connectivity index is 2.28. The quantitative estimate of drug-likeness (QED) is 0.529. The van der Waals surface area contributed by atoms with Crippen LogP contribution in [-0.2, 0) is 4.79 Å². The van der Waals surface area contributed by atoms with Gasteiger partial charge in [-0.2, -0.15) is 0 Å². The van der Waals surface area contributed by atoms with E-state index in [0.29, 0.717) is 0 Å². The van der Waals surface area contributed by atoms with E-state index in [0.717, 1.165) is 16.3 Å². The van der Waals surface area contributed by atoms with E-state index in [1.807, 2.05) is 24.3 Å². The van der Waals surface area contributed by atoms with Crippen LogP contribution in [0.1, 0.15) is 12.0 Å². The maximum Gasteiger partial charge on any atom is 0.229 e. The molecule has 0 unspecified atom stereocenters. The van der Waals surface area contributed by atoms with Crippen LogP contribution in [0.2, 0.25) is 0 Å². The van der Waals surface area contributed by atoms with Gasteiger partial charge in [-0.15, -0.1) is 0 Å². The second kappa shape index (κ2) is 5.07. The van der Waals surface area contributed by atoms with E-state index in [4.69, 9.17) is 5.73 Å². The van der Waals surface area contributed by atoms with Crippen LogP contribution in [0.5, 0.6) is 0 Å². The number of benzene rings is 3. The van der Waals surface area contributed by atoms with Crippen LogP contribution in [-0.4, -0.2) is 5.91 Å². The molecule has 0 heterocycles. The van der Waals surface area contributed by atoms with Gasteiger partial charge in [-0.05, 0) is 27.6 Å². The summed E-state index contributed by atoms with van der Waals surface area (Å²) in [4.78, 5) is 10.8. The maximum atomic E-state index is 10.8. The van der Waals surface area contributed by atoms with Gasteiger partial charge in [-0.3, -0.25) is 4.79 Å². The van der Waals surface area contributed by atoms with E-state index >= 15 is 0 Å². The Bertz CT molecular complexity index is 869. The molecular formula is C18H13NO. The largest absolute Gasteiger partial charge is 0.369 e. The molecule has 0 aliphatic rings. The lowest BCUT2D eigenvalue weighted by Gasteiger charge is -2.06. The first-order chi connectivity index (χ1) is 9.75. The summed E-state index contributed by atoms with van der Waals surface area (Å²) < 4.78 is 0. The molecule has 3 aromatic carbocycles. The molecule has 0 aromatic heterocycles. The van der Waals surface area contributed by atoms with E-state index in [1.165, 1.54) is 10.8 Å².